The SMILES string of the molecule is COc1ccccc1-c1nccn1CCN. The zero-order valence-corrected chi connectivity index (χ0v) is 9.26. The van der Waals surface area contributed by atoms with E-state index in [2.05, 4.69) is 4.98 Å². The van der Waals surface area contributed by atoms with E-state index in [-0.39, 0.29) is 0 Å². The number of methoxy groups -OCH3 is 1. The van der Waals surface area contributed by atoms with Crippen LogP contribution in [-0.4, -0.2) is 23.2 Å². The molecule has 1 heterocycles. The molecule has 0 radical (unpaired) electrons. The summed E-state index contributed by atoms with van der Waals surface area (Å²) in [6.45, 7) is 1.35. The van der Waals surface area contributed by atoms with E-state index >= 15 is 0 Å². The molecule has 0 saturated carbocycles. The minimum absolute atomic E-state index is 0.596. The molecule has 0 aliphatic rings. The van der Waals surface area contributed by atoms with Gasteiger partial charge in [0, 0.05) is 25.5 Å². The van der Waals surface area contributed by atoms with E-state index in [0.29, 0.717) is 6.54 Å². The van der Waals surface area contributed by atoms with Gasteiger partial charge in [-0.25, -0.2) is 4.98 Å². The van der Waals surface area contributed by atoms with E-state index in [1.54, 1.807) is 13.3 Å². The van der Waals surface area contributed by atoms with Gasteiger partial charge in [0.25, 0.3) is 0 Å². The first-order valence-electron chi connectivity index (χ1n) is 5.21. The summed E-state index contributed by atoms with van der Waals surface area (Å²) in [5, 5.41) is 0. The van der Waals surface area contributed by atoms with Gasteiger partial charge in [-0.1, -0.05) is 12.1 Å². The first-order valence-corrected chi connectivity index (χ1v) is 5.21. The lowest BCUT2D eigenvalue weighted by molar-refractivity contribution is 0.416. The minimum Gasteiger partial charge on any atom is -0.496 e. The second-order valence-corrected chi connectivity index (χ2v) is 3.43. The predicted octanol–water partition coefficient (Wildman–Crippen LogP) is 1.52. The third kappa shape index (κ3) is 1.92. The summed E-state index contributed by atoms with van der Waals surface area (Å²) < 4.78 is 7.34. The first-order chi connectivity index (χ1) is 7.86. The smallest absolute Gasteiger partial charge is 0.143 e. The predicted molar refractivity (Wildman–Crippen MR) is 63.3 cm³/mol. The third-order valence-electron chi connectivity index (χ3n) is 2.43. The molecule has 4 nitrogen and oxygen atoms in total. The van der Waals surface area contributed by atoms with Crippen molar-refractivity contribution in [3.05, 3.63) is 36.7 Å². The maximum absolute atomic E-state index is 5.56. The van der Waals surface area contributed by atoms with Gasteiger partial charge in [0.1, 0.15) is 11.6 Å². The van der Waals surface area contributed by atoms with Crippen molar-refractivity contribution in [1.82, 2.24) is 9.55 Å². The number of hydrogen-bond acceptors (Lipinski definition) is 3. The highest BCUT2D eigenvalue weighted by Gasteiger charge is 2.09. The summed E-state index contributed by atoms with van der Waals surface area (Å²) in [5.74, 6) is 1.72. The molecule has 0 amide bonds. The van der Waals surface area contributed by atoms with E-state index in [1.165, 1.54) is 0 Å². The molecule has 16 heavy (non-hydrogen) atoms. The molecule has 1 aromatic heterocycles. The van der Waals surface area contributed by atoms with Gasteiger partial charge in [-0.15, -0.1) is 0 Å². The Bertz CT molecular complexity index is 465. The van der Waals surface area contributed by atoms with Crippen molar-refractivity contribution in [2.45, 2.75) is 6.54 Å². The molecular weight excluding hydrogens is 202 g/mol. The first kappa shape index (κ1) is 10.7. The number of hydrogen-bond donors (Lipinski definition) is 1. The van der Waals surface area contributed by atoms with Gasteiger partial charge in [0.2, 0.25) is 0 Å². The standard InChI is InChI=1S/C12H15N3O/c1-16-11-5-3-2-4-10(11)12-14-7-9-15(12)8-6-13/h2-5,7,9H,6,8,13H2,1H3. The van der Waals surface area contributed by atoms with Gasteiger partial charge >= 0.3 is 0 Å². The van der Waals surface area contributed by atoms with Crippen molar-refractivity contribution >= 4 is 0 Å². The number of ether oxygens (including phenoxy) is 1. The van der Waals surface area contributed by atoms with Crippen LogP contribution in [0.4, 0.5) is 0 Å². The van der Waals surface area contributed by atoms with Crippen LogP contribution in [0.2, 0.25) is 0 Å². The molecule has 2 rings (SSSR count). The number of nitrogens with zero attached hydrogens (tertiary/aromatic N) is 2. The van der Waals surface area contributed by atoms with Crippen molar-refractivity contribution in [2.75, 3.05) is 13.7 Å². The van der Waals surface area contributed by atoms with E-state index in [0.717, 1.165) is 23.7 Å². The fourth-order valence-electron chi connectivity index (χ4n) is 1.70. The maximum Gasteiger partial charge on any atom is 0.143 e. The van der Waals surface area contributed by atoms with Crippen molar-refractivity contribution < 1.29 is 4.74 Å². The highest BCUT2D eigenvalue weighted by atomic mass is 16.5. The van der Waals surface area contributed by atoms with Crippen molar-refractivity contribution in [3.63, 3.8) is 0 Å². The average molecular weight is 217 g/mol. The normalized spacial score (nSPS) is 10.4. The highest BCUT2D eigenvalue weighted by Crippen LogP contribution is 2.27. The van der Waals surface area contributed by atoms with E-state index < -0.39 is 0 Å². The van der Waals surface area contributed by atoms with Gasteiger partial charge in [0.05, 0.1) is 12.7 Å². The Morgan fingerprint density at radius 2 is 2.19 bits per heavy atom. The number of imidazole rings is 1. The summed E-state index contributed by atoms with van der Waals surface area (Å²) in [7, 11) is 1.66. The summed E-state index contributed by atoms with van der Waals surface area (Å²) in [6, 6.07) is 7.84. The Morgan fingerprint density at radius 3 is 2.94 bits per heavy atom. The molecule has 0 unspecified atom stereocenters. The minimum atomic E-state index is 0.596. The molecule has 0 atom stereocenters. The lowest BCUT2D eigenvalue weighted by Crippen LogP contribution is -2.10. The second-order valence-electron chi connectivity index (χ2n) is 3.43. The van der Waals surface area contributed by atoms with E-state index in [4.69, 9.17) is 10.5 Å². The topological polar surface area (TPSA) is 53.1 Å². The van der Waals surface area contributed by atoms with Gasteiger partial charge in [-0.3, -0.25) is 0 Å². The Kier molecular flexibility index (Phi) is 3.22. The summed E-state index contributed by atoms with van der Waals surface area (Å²) >= 11 is 0. The van der Waals surface area contributed by atoms with Crippen LogP contribution in [-0.2, 0) is 6.54 Å². The summed E-state index contributed by atoms with van der Waals surface area (Å²) in [6.07, 6.45) is 3.70. The second kappa shape index (κ2) is 4.81. The van der Waals surface area contributed by atoms with Crippen LogP contribution < -0.4 is 10.5 Å². The molecule has 84 valence electrons. The number of benzene rings is 1. The van der Waals surface area contributed by atoms with Crippen LogP contribution in [0.3, 0.4) is 0 Å². The Hall–Kier alpha value is -1.81. The van der Waals surface area contributed by atoms with Gasteiger partial charge < -0.3 is 15.0 Å². The van der Waals surface area contributed by atoms with Crippen molar-refractivity contribution in [3.8, 4) is 17.1 Å². The van der Waals surface area contributed by atoms with Crippen LogP contribution in [0, 0.1) is 0 Å². The molecule has 0 aliphatic heterocycles. The fourth-order valence-corrected chi connectivity index (χ4v) is 1.70. The summed E-state index contributed by atoms with van der Waals surface area (Å²) in [5.41, 5.74) is 6.55. The number of aromatic nitrogens is 2. The molecule has 4 heteroatoms. The quantitative estimate of drug-likeness (QED) is 0.844. The number of para-hydroxylation sites is 1. The molecule has 2 aromatic rings. The van der Waals surface area contributed by atoms with Crippen molar-refractivity contribution in [1.29, 1.82) is 0 Å². The van der Waals surface area contributed by atoms with Crippen LogP contribution >= 0.6 is 0 Å². The molecule has 2 N–H and O–H groups in total. The molecule has 1 aromatic carbocycles. The van der Waals surface area contributed by atoms with Crippen molar-refractivity contribution in [2.24, 2.45) is 5.73 Å². The lowest BCUT2D eigenvalue weighted by Gasteiger charge is -2.09. The van der Waals surface area contributed by atoms with Crippen LogP contribution in [0.1, 0.15) is 0 Å². The Balaban J connectivity index is 2.45. The van der Waals surface area contributed by atoms with Gasteiger partial charge in [-0.05, 0) is 12.1 Å². The van der Waals surface area contributed by atoms with Crippen LogP contribution in [0.5, 0.6) is 5.75 Å². The van der Waals surface area contributed by atoms with Crippen LogP contribution in [0.15, 0.2) is 36.7 Å². The van der Waals surface area contributed by atoms with Crippen LogP contribution in [0.25, 0.3) is 11.4 Å². The number of nitrogens with two attached hydrogens (primary N) is 1. The van der Waals surface area contributed by atoms with Gasteiger partial charge in [-0.2, -0.15) is 0 Å². The zero-order chi connectivity index (χ0) is 11.4. The summed E-state index contributed by atoms with van der Waals surface area (Å²) in [4.78, 5) is 4.34. The molecule has 0 fully saturated rings. The Labute approximate surface area is 94.7 Å². The molecule has 0 saturated heterocycles. The van der Waals surface area contributed by atoms with E-state index in [9.17, 15) is 0 Å². The Morgan fingerprint density at radius 1 is 1.38 bits per heavy atom. The molecule has 0 spiro atoms. The molecular formula is C12H15N3O. The molecule has 0 aliphatic carbocycles. The number of rotatable bonds is 4. The monoisotopic (exact) mass is 217 g/mol. The third-order valence-corrected chi connectivity index (χ3v) is 2.43. The maximum atomic E-state index is 5.56. The fraction of sp³-hybridized carbons (Fsp3) is 0.250. The highest BCUT2D eigenvalue weighted by molar-refractivity contribution is 5.64. The lowest BCUT2D eigenvalue weighted by atomic mass is 10.2. The average Bonchev–Trinajstić information content (AvgIpc) is 2.77. The van der Waals surface area contributed by atoms with Gasteiger partial charge in [0.15, 0.2) is 0 Å². The largest absolute Gasteiger partial charge is 0.496 e. The molecule has 0 bridgehead atoms. The zero-order valence-electron chi connectivity index (χ0n) is 9.26. The van der Waals surface area contributed by atoms with E-state index in [1.807, 2.05) is 35.0 Å².